The molecule has 1 aliphatic rings. The monoisotopic (exact) mass is 157 g/mol. The zero-order valence-electron chi connectivity index (χ0n) is 6.76. The summed E-state index contributed by atoms with van der Waals surface area (Å²) in [7, 11) is 2.10. The molecule has 1 heterocycles. The predicted molar refractivity (Wildman–Crippen MR) is 48.2 cm³/mol. The molecule has 0 aliphatic carbocycles. The molecule has 0 radical (unpaired) electrons. The smallest absolute Gasteiger partial charge is 0.0805 e. The van der Waals surface area contributed by atoms with Gasteiger partial charge in [-0.25, -0.2) is 0 Å². The molecule has 0 aromatic carbocycles. The van der Waals surface area contributed by atoms with Crippen LogP contribution in [0.15, 0.2) is 0 Å². The zero-order chi connectivity index (χ0) is 7.56. The number of rotatable bonds is 0. The van der Waals surface area contributed by atoms with Crippen molar-refractivity contribution in [3.8, 4) is 0 Å². The van der Waals surface area contributed by atoms with Gasteiger partial charge in [0.15, 0.2) is 0 Å². The van der Waals surface area contributed by atoms with Crippen LogP contribution < -0.4 is 0 Å². The molecule has 0 aromatic rings. The number of nitrogens with zero attached hydrogens (tertiary/aromatic N) is 1. The molecule has 0 spiro atoms. The van der Waals surface area contributed by atoms with Crippen LogP contribution in [-0.2, 0) is 0 Å². The first kappa shape index (κ1) is 7.99. The summed E-state index contributed by atoms with van der Waals surface area (Å²) in [6.07, 6.45) is 3.93. The SMILES string of the molecule is CC1CCCCN(C)C1=S. The van der Waals surface area contributed by atoms with Crippen molar-refractivity contribution in [2.75, 3.05) is 13.6 Å². The molecular weight excluding hydrogens is 142 g/mol. The van der Waals surface area contributed by atoms with Gasteiger partial charge >= 0.3 is 0 Å². The largest absolute Gasteiger partial charge is 0.369 e. The van der Waals surface area contributed by atoms with Gasteiger partial charge in [0.1, 0.15) is 0 Å². The molecule has 1 fully saturated rings. The lowest BCUT2D eigenvalue weighted by molar-refractivity contribution is 0.499. The lowest BCUT2D eigenvalue weighted by Crippen LogP contribution is -2.28. The molecule has 0 N–H and O–H groups in total. The minimum absolute atomic E-state index is 0.627. The number of thiocarbonyl (C=S) groups is 1. The lowest BCUT2D eigenvalue weighted by Gasteiger charge is -2.19. The van der Waals surface area contributed by atoms with Gasteiger partial charge in [-0.1, -0.05) is 25.6 Å². The van der Waals surface area contributed by atoms with Gasteiger partial charge < -0.3 is 4.90 Å². The van der Waals surface area contributed by atoms with Crippen LogP contribution in [0.4, 0.5) is 0 Å². The molecule has 0 bridgehead atoms. The second-order valence-corrected chi connectivity index (χ2v) is 3.57. The summed E-state index contributed by atoms with van der Waals surface area (Å²) in [5.41, 5.74) is 0. The maximum absolute atomic E-state index is 5.26. The fourth-order valence-electron chi connectivity index (χ4n) is 1.41. The van der Waals surface area contributed by atoms with E-state index in [0.29, 0.717) is 5.92 Å². The van der Waals surface area contributed by atoms with Crippen molar-refractivity contribution >= 4 is 17.2 Å². The highest BCUT2D eigenvalue weighted by Gasteiger charge is 2.15. The van der Waals surface area contributed by atoms with E-state index in [9.17, 15) is 0 Å². The quantitative estimate of drug-likeness (QED) is 0.495. The van der Waals surface area contributed by atoms with E-state index < -0.39 is 0 Å². The Morgan fingerprint density at radius 1 is 1.50 bits per heavy atom. The fraction of sp³-hybridized carbons (Fsp3) is 0.875. The van der Waals surface area contributed by atoms with E-state index in [-0.39, 0.29) is 0 Å². The average Bonchev–Trinajstić information content (AvgIpc) is 2.04. The second-order valence-electron chi connectivity index (χ2n) is 3.16. The van der Waals surface area contributed by atoms with Crippen molar-refractivity contribution in [3.63, 3.8) is 0 Å². The van der Waals surface area contributed by atoms with Gasteiger partial charge in [-0.15, -0.1) is 0 Å². The molecule has 1 saturated heterocycles. The van der Waals surface area contributed by atoms with Crippen LogP contribution in [0.5, 0.6) is 0 Å². The predicted octanol–water partition coefficient (Wildman–Crippen LogP) is 2.07. The van der Waals surface area contributed by atoms with E-state index in [0.717, 1.165) is 11.5 Å². The molecule has 0 amide bonds. The molecule has 10 heavy (non-hydrogen) atoms. The van der Waals surface area contributed by atoms with Crippen molar-refractivity contribution in [3.05, 3.63) is 0 Å². The Labute approximate surface area is 68.4 Å². The van der Waals surface area contributed by atoms with Gasteiger partial charge in [0.2, 0.25) is 0 Å². The molecule has 1 unspecified atom stereocenters. The van der Waals surface area contributed by atoms with E-state index in [1.165, 1.54) is 19.3 Å². The van der Waals surface area contributed by atoms with Gasteiger partial charge in [-0.05, 0) is 12.8 Å². The molecule has 1 atom stereocenters. The van der Waals surface area contributed by atoms with Crippen LogP contribution in [-0.4, -0.2) is 23.5 Å². The molecule has 0 aromatic heterocycles. The Bertz CT molecular complexity index is 119. The summed E-state index contributed by atoms with van der Waals surface area (Å²) < 4.78 is 0. The third-order valence-electron chi connectivity index (χ3n) is 2.18. The maximum Gasteiger partial charge on any atom is 0.0805 e. The summed E-state index contributed by atoms with van der Waals surface area (Å²) in [6, 6.07) is 0. The Morgan fingerprint density at radius 3 is 2.90 bits per heavy atom. The summed E-state index contributed by atoms with van der Waals surface area (Å²) in [6.45, 7) is 3.38. The summed E-state index contributed by atoms with van der Waals surface area (Å²) >= 11 is 5.26. The first-order valence-corrected chi connectivity index (χ1v) is 4.37. The molecular formula is C8H15NS. The summed E-state index contributed by atoms with van der Waals surface area (Å²) in [4.78, 5) is 3.37. The van der Waals surface area contributed by atoms with Gasteiger partial charge in [-0.3, -0.25) is 0 Å². The Hall–Kier alpha value is -0.110. The van der Waals surface area contributed by atoms with Crippen molar-refractivity contribution in [2.45, 2.75) is 26.2 Å². The van der Waals surface area contributed by atoms with Crippen molar-refractivity contribution in [2.24, 2.45) is 5.92 Å². The highest BCUT2D eigenvalue weighted by atomic mass is 32.1. The van der Waals surface area contributed by atoms with Crippen LogP contribution in [0.25, 0.3) is 0 Å². The Balaban J connectivity index is 2.55. The van der Waals surface area contributed by atoms with Crippen molar-refractivity contribution in [1.29, 1.82) is 0 Å². The molecule has 1 rings (SSSR count). The third-order valence-corrected chi connectivity index (χ3v) is 2.89. The normalized spacial score (nSPS) is 28.4. The van der Waals surface area contributed by atoms with E-state index >= 15 is 0 Å². The van der Waals surface area contributed by atoms with Crippen LogP contribution in [0.2, 0.25) is 0 Å². The van der Waals surface area contributed by atoms with E-state index in [1.54, 1.807) is 0 Å². The van der Waals surface area contributed by atoms with Crippen LogP contribution in [0, 0.1) is 5.92 Å². The van der Waals surface area contributed by atoms with Crippen LogP contribution >= 0.6 is 12.2 Å². The minimum Gasteiger partial charge on any atom is -0.369 e. The molecule has 1 aliphatic heterocycles. The van der Waals surface area contributed by atoms with E-state index in [2.05, 4.69) is 18.9 Å². The lowest BCUT2D eigenvalue weighted by atomic mass is 10.1. The third kappa shape index (κ3) is 1.69. The van der Waals surface area contributed by atoms with Crippen LogP contribution in [0.1, 0.15) is 26.2 Å². The molecule has 1 nitrogen and oxygen atoms in total. The van der Waals surface area contributed by atoms with E-state index in [4.69, 9.17) is 12.2 Å². The minimum atomic E-state index is 0.627. The first-order chi connectivity index (χ1) is 4.72. The molecule has 0 saturated carbocycles. The highest BCUT2D eigenvalue weighted by Crippen LogP contribution is 2.16. The second kappa shape index (κ2) is 3.33. The number of hydrogen-bond donors (Lipinski definition) is 0. The number of hydrogen-bond acceptors (Lipinski definition) is 1. The first-order valence-electron chi connectivity index (χ1n) is 3.97. The Kier molecular flexibility index (Phi) is 2.66. The summed E-state index contributed by atoms with van der Waals surface area (Å²) in [5, 5.41) is 0. The molecule has 58 valence electrons. The van der Waals surface area contributed by atoms with Gasteiger partial charge in [-0.2, -0.15) is 0 Å². The highest BCUT2D eigenvalue weighted by molar-refractivity contribution is 7.80. The van der Waals surface area contributed by atoms with E-state index in [1.807, 2.05) is 0 Å². The molecule has 2 heteroatoms. The fourth-order valence-corrected chi connectivity index (χ4v) is 1.62. The topological polar surface area (TPSA) is 3.24 Å². The summed E-state index contributed by atoms with van der Waals surface area (Å²) in [5.74, 6) is 0.627. The van der Waals surface area contributed by atoms with Crippen LogP contribution in [0.3, 0.4) is 0 Å². The Morgan fingerprint density at radius 2 is 2.20 bits per heavy atom. The average molecular weight is 157 g/mol. The van der Waals surface area contributed by atoms with Gasteiger partial charge in [0.05, 0.1) is 4.99 Å². The standard InChI is InChI=1S/C8H15NS/c1-7-5-3-4-6-9(2)8(7)10/h7H,3-6H2,1-2H3. The zero-order valence-corrected chi connectivity index (χ0v) is 7.58. The van der Waals surface area contributed by atoms with Crippen molar-refractivity contribution in [1.82, 2.24) is 4.90 Å². The van der Waals surface area contributed by atoms with Gasteiger partial charge in [0.25, 0.3) is 0 Å². The number of likely N-dealkylation sites (tertiary alicyclic amines) is 1. The van der Waals surface area contributed by atoms with Gasteiger partial charge in [0, 0.05) is 19.5 Å². The maximum atomic E-state index is 5.26. The van der Waals surface area contributed by atoms with Crippen molar-refractivity contribution < 1.29 is 0 Å².